The minimum Gasteiger partial charge on any atom is -0.386 e. The van der Waals surface area contributed by atoms with Gasteiger partial charge in [0.2, 0.25) is 0 Å². The van der Waals surface area contributed by atoms with Crippen molar-refractivity contribution in [3.63, 3.8) is 0 Å². The maximum absolute atomic E-state index is 10.5. The van der Waals surface area contributed by atoms with Crippen LogP contribution in [0.4, 0.5) is 0 Å². The van der Waals surface area contributed by atoms with Crippen LogP contribution in [0.5, 0.6) is 0 Å². The van der Waals surface area contributed by atoms with Gasteiger partial charge in [0.15, 0.2) is 0 Å². The van der Waals surface area contributed by atoms with Crippen LogP contribution < -0.4 is 0 Å². The van der Waals surface area contributed by atoms with E-state index < -0.39 is 6.10 Å². The van der Waals surface area contributed by atoms with Gasteiger partial charge in [0.1, 0.15) is 6.10 Å². The number of benzene rings is 2. The number of rotatable bonds is 4. The van der Waals surface area contributed by atoms with E-state index in [2.05, 4.69) is 36.3 Å². The topological polar surface area (TPSA) is 38.1 Å². The first kappa shape index (κ1) is 13.6. The highest BCUT2D eigenvalue weighted by atomic mass is 16.3. The number of aliphatic hydroxyl groups excluding tert-OH is 1. The molecule has 0 aliphatic carbocycles. The molecule has 3 heteroatoms. The van der Waals surface area contributed by atoms with Crippen molar-refractivity contribution in [3.05, 3.63) is 83.7 Å². The molecule has 0 aliphatic heterocycles. The first-order valence-electron chi connectivity index (χ1n) is 7.07. The largest absolute Gasteiger partial charge is 0.386 e. The molecule has 0 saturated carbocycles. The summed E-state index contributed by atoms with van der Waals surface area (Å²) in [5, 5.41) is 14.8. The van der Waals surface area contributed by atoms with Crippen LogP contribution in [0.3, 0.4) is 0 Å². The Hall–Kier alpha value is -2.39. The highest BCUT2D eigenvalue weighted by Gasteiger charge is 2.14. The van der Waals surface area contributed by atoms with E-state index in [0.717, 1.165) is 16.9 Å². The lowest BCUT2D eigenvalue weighted by molar-refractivity contribution is 0.170. The maximum atomic E-state index is 10.5. The van der Waals surface area contributed by atoms with Gasteiger partial charge in [0, 0.05) is 12.6 Å². The Kier molecular flexibility index (Phi) is 3.84. The predicted octanol–water partition coefficient (Wildman–Crippen LogP) is 3.46. The third-order valence-electron chi connectivity index (χ3n) is 3.56. The highest BCUT2D eigenvalue weighted by molar-refractivity contribution is 5.33. The van der Waals surface area contributed by atoms with Crippen molar-refractivity contribution in [2.24, 2.45) is 0 Å². The van der Waals surface area contributed by atoms with Gasteiger partial charge in [-0.25, -0.2) is 4.68 Å². The first-order chi connectivity index (χ1) is 10.2. The van der Waals surface area contributed by atoms with E-state index in [1.165, 1.54) is 5.56 Å². The Balaban J connectivity index is 1.84. The fraction of sp³-hybridized carbons (Fsp3) is 0.167. The minimum absolute atomic E-state index is 0.574. The molecule has 1 atom stereocenters. The quantitative estimate of drug-likeness (QED) is 0.793. The van der Waals surface area contributed by atoms with Gasteiger partial charge in [-0.2, -0.15) is 5.10 Å². The van der Waals surface area contributed by atoms with Crippen molar-refractivity contribution in [1.29, 1.82) is 0 Å². The highest BCUT2D eigenvalue weighted by Crippen LogP contribution is 2.21. The smallest absolute Gasteiger partial charge is 0.100 e. The van der Waals surface area contributed by atoms with Crippen LogP contribution >= 0.6 is 0 Å². The van der Waals surface area contributed by atoms with Crippen LogP contribution in [-0.4, -0.2) is 14.9 Å². The molecule has 0 aliphatic rings. The summed E-state index contributed by atoms with van der Waals surface area (Å²) in [6, 6.07) is 20.0. The van der Waals surface area contributed by atoms with Crippen LogP contribution in [0.2, 0.25) is 0 Å². The van der Waals surface area contributed by atoms with Crippen molar-refractivity contribution in [2.75, 3.05) is 0 Å². The Bertz CT molecular complexity index is 702. The van der Waals surface area contributed by atoms with E-state index in [-0.39, 0.29) is 0 Å². The Morgan fingerprint density at radius 2 is 1.71 bits per heavy atom. The summed E-state index contributed by atoms with van der Waals surface area (Å²) in [6.45, 7) is 2.06. The third kappa shape index (κ3) is 3.03. The monoisotopic (exact) mass is 278 g/mol. The van der Waals surface area contributed by atoms with E-state index in [4.69, 9.17) is 0 Å². The summed E-state index contributed by atoms with van der Waals surface area (Å²) in [5.41, 5.74) is 4.11. The number of aromatic nitrogens is 2. The van der Waals surface area contributed by atoms with Gasteiger partial charge in [-0.1, -0.05) is 48.0 Å². The number of para-hydroxylation sites is 1. The third-order valence-corrected chi connectivity index (χ3v) is 3.56. The molecule has 1 aromatic heterocycles. The van der Waals surface area contributed by atoms with Crippen molar-refractivity contribution < 1.29 is 5.11 Å². The average Bonchev–Trinajstić information content (AvgIpc) is 3.00. The van der Waals surface area contributed by atoms with E-state index in [1.54, 1.807) is 10.9 Å². The summed E-state index contributed by atoms with van der Waals surface area (Å²) in [4.78, 5) is 0. The zero-order valence-electron chi connectivity index (χ0n) is 12.0. The number of hydrogen-bond donors (Lipinski definition) is 1. The normalized spacial score (nSPS) is 12.3. The molecule has 21 heavy (non-hydrogen) atoms. The lowest BCUT2D eigenvalue weighted by atomic mass is 10.0. The first-order valence-corrected chi connectivity index (χ1v) is 7.07. The Morgan fingerprint density at radius 1 is 1.00 bits per heavy atom. The molecule has 0 amide bonds. The zero-order chi connectivity index (χ0) is 14.7. The molecule has 1 N–H and O–H groups in total. The van der Waals surface area contributed by atoms with Gasteiger partial charge < -0.3 is 5.11 Å². The van der Waals surface area contributed by atoms with Crippen LogP contribution in [-0.2, 0) is 6.42 Å². The fourth-order valence-corrected chi connectivity index (χ4v) is 2.40. The lowest BCUT2D eigenvalue weighted by Crippen LogP contribution is -2.09. The molecule has 0 fully saturated rings. The minimum atomic E-state index is -0.574. The zero-order valence-corrected chi connectivity index (χ0v) is 12.0. The number of hydrogen-bond acceptors (Lipinski definition) is 2. The van der Waals surface area contributed by atoms with Gasteiger partial charge in [0.25, 0.3) is 0 Å². The second-order valence-corrected chi connectivity index (χ2v) is 5.21. The molecule has 0 spiro atoms. The van der Waals surface area contributed by atoms with Gasteiger partial charge in [-0.05, 0) is 30.7 Å². The Labute approximate surface area is 124 Å². The van der Waals surface area contributed by atoms with Crippen molar-refractivity contribution in [3.8, 4) is 5.69 Å². The van der Waals surface area contributed by atoms with Gasteiger partial charge in [-0.3, -0.25) is 0 Å². The maximum Gasteiger partial charge on any atom is 0.100 e. The molecule has 3 nitrogen and oxygen atoms in total. The summed E-state index contributed by atoms with van der Waals surface area (Å²) in [7, 11) is 0. The van der Waals surface area contributed by atoms with Crippen LogP contribution in [0.25, 0.3) is 5.69 Å². The van der Waals surface area contributed by atoms with Crippen LogP contribution in [0.15, 0.2) is 66.9 Å². The predicted molar refractivity (Wildman–Crippen MR) is 83.4 cm³/mol. The molecule has 0 radical (unpaired) electrons. The molecule has 106 valence electrons. The van der Waals surface area contributed by atoms with Crippen molar-refractivity contribution >= 4 is 0 Å². The van der Waals surface area contributed by atoms with Crippen LogP contribution in [0, 0.1) is 6.92 Å². The lowest BCUT2D eigenvalue weighted by Gasteiger charge is -2.13. The molecule has 1 heterocycles. The van der Waals surface area contributed by atoms with Gasteiger partial charge in [-0.15, -0.1) is 0 Å². The SMILES string of the molecule is Cc1ccc(CC(O)c2ccnn2-c2ccccc2)cc1. The second-order valence-electron chi connectivity index (χ2n) is 5.21. The number of aliphatic hydroxyl groups is 1. The standard InChI is InChI=1S/C18H18N2O/c1-14-7-9-15(10-8-14)13-18(21)17-11-12-19-20(17)16-5-3-2-4-6-16/h2-12,18,21H,13H2,1H3. The summed E-state index contributed by atoms with van der Waals surface area (Å²) in [5.74, 6) is 0. The molecule has 0 bridgehead atoms. The molecule has 3 aromatic rings. The van der Waals surface area contributed by atoms with E-state index in [9.17, 15) is 5.11 Å². The summed E-state index contributed by atoms with van der Waals surface area (Å²) >= 11 is 0. The molecule has 1 unspecified atom stereocenters. The number of aryl methyl sites for hydroxylation is 1. The van der Waals surface area contributed by atoms with Crippen molar-refractivity contribution in [2.45, 2.75) is 19.4 Å². The van der Waals surface area contributed by atoms with Crippen molar-refractivity contribution in [1.82, 2.24) is 9.78 Å². The molecule has 0 saturated heterocycles. The van der Waals surface area contributed by atoms with Gasteiger partial charge >= 0.3 is 0 Å². The average molecular weight is 278 g/mol. The van der Waals surface area contributed by atoms with Crippen LogP contribution in [0.1, 0.15) is 22.9 Å². The summed E-state index contributed by atoms with van der Waals surface area (Å²) in [6.07, 6.45) is 1.73. The molecular formula is C18H18N2O. The molecule has 2 aromatic carbocycles. The summed E-state index contributed by atoms with van der Waals surface area (Å²) < 4.78 is 1.79. The molecular weight excluding hydrogens is 260 g/mol. The second kappa shape index (κ2) is 5.94. The number of nitrogens with zero attached hydrogens (tertiary/aromatic N) is 2. The van der Waals surface area contributed by atoms with E-state index in [0.29, 0.717) is 6.42 Å². The van der Waals surface area contributed by atoms with E-state index >= 15 is 0 Å². The fourth-order valence-electron chi connectivity index (χ4n) is 2.40. The van der Waals surface area contributed by atoms with E-state index in [1.807, 2.05) is 36.4 Å². The Morgan fingerprint density at radius 3 is 2.43 bits per heavy atom. The van der Waals surface area contributed by atoms with Gasteiger partial charge in [0.05, 0.1) is 11.4 Å². The molecule has 3 rings (SSSR count).